The molecule has 1 amide bonds. The number of aryl methyl sites for hydroxylation is 2. The summed E-state index contributed by atoms with van der Waals surface area (Å²) in [5, 5.41) is 7.95. The van der Waals surface area contributed by atoms with Gasteiger partial charge in [0.15, 0.2) is 17.1 Å². The summed E-state index contributed by atoms with van der Waals surface area (Å²) in [7, 11) is 0. The van der Waals surface area contributed by atoms with Crippen molar-refractivity contribution in [3.05, 3.63) is 41.3 Å². The molecule has 1 saturated carbocycles. The van der Waals surface area contributed by atoms with Crippen LogP contribution >= 0.6 is 0 Å². The third-order valence-corrected chi connectivity index (χ3v) is 6.33. The number of amides is 1. The zero-order chi connectivity index (χ0) is 23.4. The van der Waals surface area contributed by atoms with Crippen LogP contribution in [0.2, 0.25) is 0 Å². The van der Waals surface area contributed by atoms with Crippen LogP contribution in [-0.4, -0.2) is 39.8 Å². The standard InChI is InChI=1S/C26H34N4O3/c1-5-32-22-14-13-19(15-23(22)33-6-2)24-17(3)29-30-18(4)21(16-27-25(24)30)26(31)28-20-11-9-7-8-10-12-20/h13-16,20H,5-12H2,1-4H3,(H,28,31). The summed E-state index contributed by atoms with van der Waals surface area (Å²) in [6, 6.07) is 6.14. The molecule has 7 nitrogen and oxygen atoms in total. The lowest BCUT2D eigenvalue weighted by Gasteiger charge is -2.17. The normalized spacial score (nSPS) is 14.8. The number of fused-ring (bicyclic) bond motifs is 1. The van der Waals surface area contributed by atoms with Crippen molar-refractivity contribution in [1.82, 2.24) is 19.9 Å². The average molecular weight is 451 g/mol. The number of carbonyl (C=O) groups is 1. The molecular formula is C26H34N4O3. The summed E-state index contributed by atoms with van der Waals surface area (Å²) in [4.78, 5) is 17.7. The van der Waals surface area contributed by atoms with Gasteiger partial charge in [-0.25, -0.2) is 9.50 Å². The molecule has 2 aromatic heterocycles. The lowest BCUT2D eigenvalue weighted by Crippen LogP contribution is -2.35. The number of nitrogens with one attached hydrogen (secondary N) is 1. The molecule has 1 N–H and O–H groups in total. The third kappa shape index (κ3) is 4.82. The maximum Gasteiger partial charge on any atom is 0.254 e. The topological polar surface area (TPSA) is 77.8 Å². The van der Waals surface area contributed by atoms with Crippen molar-refractivity contribution < 1.29 is 14.3 Å². The number of carbonyl (C=O) groups excluding carboxylic acids is 1. The molecule has 33 heavy (non-hydrogen) atoms. The van der Waals surface area contributed by atoms with Crippen molar-refractivity contribution in [2.45, 2.75) is 72.3 Å². The molecule has 0 bridgehead atoms. The second-order valence-electron chi connectivity index (χ2n) is 8.64. The summed E-state index contributed by atoms with van der Waals surface area (Å²) in [6.07, 6.45) is 8.63. The van der Waals surface area contributed by atoms with Gasteiger partial charge in [-0.2, -0.15) is 5.10 Å². The summed E-state index contributed by atoms with van der Waals surface area (Å²) in [5.41, 5.74) is 4.81. The molecule has 2 heterocycles. The smallest absolute Gasteiger partial charge is 0.254 e. The second-order valence-corrected chi connectivity index (χ2v) is 8.64. The molecule has 1 fully saturated rings. The quantitative estimate of drug-likeness (QED) is 0.497. The predicted octanol–water partition coefficient (Wildman–Crippen LogP) is 5.26. The Morgan fingerprint density at radius 2 is 1.76 bits per heavy atom. The first-order valence-electron chi connectivity index (χ1n) is 12.1. The molecule has 3 aromatic rings. The van der Waals surface area contributed by atoms with E-state index in [1.54, 1.807) is 10.7 Å². The molecular weight excluding hydrogens is 416 g/mol. The Labute approximate surface area is 195 Å². The number of benzene rings is 1. The van der Waals surface area contributed by atoms with Crippen LogP contribution in [0.4, 0.5) is 0 Å². The number of hydrogen-bond donors (Lipinski definition) is 1. The summed E-state index contributed by atoms with van der Waals surface area (Å²) in [6.45, 7) is 8.92. The highest BCUT2D eigenvalue weighted by molar-refractivity contribution is 5.95. The molecule has 0 aliphatic heterocycles. The number of aromatic nitrogens is 3. The molecule has 4 rings (SSSR count). The van der Waals surface area contributed by atoms with Gasteiger partial charge in [-0.05, 0) is 58.2 Å². The fourth-order valence-corrected chi connectivity index (χ4v) is 4.66. The van der Waals surface area contributed by atoms with E-state index in [2.05, 4.69) is 10.3 Å². The largest absolute Gasteiger partial charge is 0.490 e. The minimum atomic E-state index is -0.0665. The monoisotopic (exact) mass is 450 g/mol. The van der Waals surface area contributed by atoms with E-state index in [1.165, 1.54) is 25.7 Å². The highest BCUT2D eigenvalue weighted by Crippen LogP contribution is 2.36. The van der Waals surface area contributed by atoms with E-state index in [1.807, 2.05) is 45.9 Å². The molecule has 176 valence electrons. The fraction of sp³-hybridized carbons (Fsp3) is 0.500. The molecule has 0 unspecified atom stereocenters. The van der Waals surface area contributed by atoms with Crippen LogP contribution in [0, 0.1) is 13.8 Å². The van der Waals surface area contributed by atoms with E-state index in [0.717, 1.165) is 46.8 Å². The van der Waals surface area contributed by atoms with Gasteiger partial charge in [0.1, 0.15) is 0 Å². The van der Waals surface area contributed by atoms with Crippen LogP contribution in [-0.2, 0) is 0 Å². The zero-order valence-corrected chi connectivity index (χ0v) is 20.1. The van der Waals surface area contributed by atoms with Crippen LogP contribution in [0.5, 0.6) is 11.5 Å². The fourth-order valence-electron chi connectivity index (χ4n) is 4.66. The van der Waals surface area contributed by atoms with E-state index in [0.29, 0.717) is 24.5 Å². The Morgan fingerprint density at radius 1 is 1.06 bits per heavy atom. The summed E-state index contributed by atoms with van der Waals surface area (Å²) >= 11 is 0. The van der Waals surface area contributed by atoms with Crippen LogP contribution < -0.4 is 14.8 Å². The Bertz CT molecular complexity index is 1130. The van der Waals surface area contributed by atoms with Gasteiger partial charge in [-0.15, -0.1) is 0 Å². The lowest BCUT2D eigenvalue weighted by molar-refractivity contribution is 0.0931. The first-order chi connectivity index (χ1) is 16.0. The molecule has 1 aliphatic carbocycles. The molecule has 0 atom stereocenters. The van der Waals surface area contributed by atoms with Crippen molar-refractivity contribution >= 4 is 11.6 Å². The highest BCUT2D eigenvalue weighted by atomic mass is 16.5. The van der Waals surface area contributed by atoms with Crippen LogP contribution in [0.15, 0.2) is 24.4 Å². The van der Waals surface area contributed by atoms with E-state index >= 15 is 0 Å². The molecule has 0 radical (unpaired) electrons. The minimum Gasteiger partial charge on any atom is -0.490 e. The SMILES string of the molecule is CCOc1ccc(-c2c(C)nn3c(C)c(C(=O)NC4CCCCCC4)cnc23)cc1OCC. The van der Waals surface area contributed by atoms with Crippen molar-refractivity contribution in [2.24, 2.45) is 0 Å². The van der Waals surface area contributed by atoms with Crippen molar-refractivity contribution in [1.29, 1.82) is 0 Å². The predicted molar refractivity (Wildman–Crippen MR) is 129 cm³/mol. The second kappa shape index (κ2) is 10.2. The van der Waals surface area contributed by atoms with Gasteiger partial charge in [0.05, 0.1) is 30.2 Å². The molecule has 1 aliphatic rings. The van der Waals surface area contributed by atoms with Gasteiger partial charge < -0.3 is 14.8 Å². The Kier molecular flexibility index (Phi) is 7.16. The lowest BCUT2D eigenvalue weighted by atomic mass is 10.1. The third-order valence-electron chi connectivity index (χ3n) is 6.33. The van der Waals surface area contributed by atoms with Gasteiger partial charge in [-0.1, -0.05) is 31.7 Å². The molecule has 7 heteroatoms. The van der Waals surface area contributed by atoms with E-state index < -0.39 is 0 Å². The van der Waals surface area contributed by atoms with Crippen LogP contribution in [0.1, 0.15) is 74.1 Å². The van der Waals surface area contributed by atoms with Gasteiger partial charge >= 0.3 is 0 Å². The van der Waals surface area contributed by atoms with Crippen molar-refractivity contribution in [3.63, 3.8) is 0 Å². The summed E-state index contributed by atoms with van der Waals surface area (Å²) in [5.74, 6) is 1.36. The van der Waals surface area contributed by atoms with E-state index in [4.69, 9.17) is 14.6 Å². The Balaban J connectivity index is 1.68. The average Bonchev–Trinajstić information content (AvgIpc) is 2.95. The van der Waals surface area contributed by atoms with Gasteiger partial charge in [0.2, 0.25) is 0 Å². The molecule has 1 aromatic carbocycles. The number of rotatable bonds is 7. The van der Waals surface area contributed by atoms with Crippen molar-refractivity contribution in [3.8, 4) is 22.6 Å². The number of hydrogen-bond acceptors (Lipinski definition) is 5. The Morgan fingerprint density at radius 3 is 2.45 bits per heavy atom. The van der Waals surface area contributed by atoms with Gasteiger partial charge in [0.25, 0.3) is 5.91 Å². The highest BCUT2D eigenvalue weighted by Gasteiger charge is 2.22. The summed E-state index contributed by atoms with van der Waals surface area (Å²) < 4.78 is 13.3. The van der Waals surface area contributed by atoms with Gasteiger partial charge in [0, 0.05) is 17.8 Å². The molecule has 0 saturated heterocycles. The van der Waals surface area contributed by atoms with Crippen molar-refractivity contribution in [2.75, 3.05) is 13.2 Å². The maximum absolute atomic E-state index is 13.0. The number of nitrogens with zero attached hydrogens (tertiary/aromatic N) is 3. The zero-order valence-electron chi connectivity index (χ0n) is 20.1. The minimum absolute atomic E-state index is 0.0665. The van der Waals surface area contributed by atoms with Crippen LogP contribution in [0.25, 0.3) is 16.8 Å². The van der Waals surface area contributed by atoms with Crippen LogP contribution in [0.3, 0.4) is 0 Å². The number of ether oxygens (including phenoxy) is 2. The maximum atomic E-state index is 13.0. The first-order valence-corrected chi connectivity index (χ1v) is 12.1. The van der Waals surface area contributed by atoms with Gasteiger partial charge in [-0.3, -0.25) is 4.79 Å². The van der Waals surface area contributed by atoms with E-state index in [-0.39, 0.29) is 11.9 Å². The molecule has 0 spiro atoms. The van der Waals surface area contributed by atoms with E-state index in [9.17, 15) is 4.79 Å². The Hall–Kier alpha value is -3.09. The first kappa shape index (κ1) is 23.1.